The van der Waals surface area contributed by atoms with Crippen LogP contribution in [0.5, 0.6) is 0 Å². The molecule has 1 atom stereocenters. The van der Waals surface area contributed by atoms with Crippen LogP contribution < -0.4 is 5.73 Å². The molecule has 84 valence electrons. The van der Waals surface area contributed by atoms with Crippen LogP contribution in [0, 0.1) is 0 Å². The van der Waals surface area contributed by atoms with E-state index in [1.165, 1.54) is 0 Å². The highest BCUT2D eigenvalue weighted by molar-refractivity contribution is 6.64. The van der Waals surface area contributed by atoms with Gasteiger partial charge in [0.05, 0.1) is 0 Å². The topological polar surface area (TPSA) is 43.1 Å². The maximum atomic E-state index is 10.9. The molecule has 0 aromatic heterocycles. The van der Waals surface area contributed by atoms with Crippen molar-refractivity contribution >= 4 is 40.0 Å². The van der Waals surface area contributed by atoms with Crippen LogP contribution in [-0.2, 0) is 4.79 Å². The van der Waals surface area contributed by atoms with Gasteiger partial charge in [0.25, 0.3) is 0 Å². The molecule has 0 aliphatic heterocycles. The zero-order valence-corrected chi connectivity index (χ0v) is 9.96. The Morgan fingerprint density at radius 1 is 1.12 bits per heavy atom. The lowest BCUT2D eigenvalue weighted by Crippen LogP contribution is -2.16. The van der Waals surface area contributed by atoms with Crippen molar-refractivity contribution < 1.29 is 4.79 Å². The quantitative estimate of drug-likeness (QED) is 0.839. The summed E-state index contributed by atoms with van der Waals surface area (Å²) in [6.45, 7) is 0. The van der Waals surface area contributed by atoms with Gasteiger partial charge in [-0.3, -0.25) is 4.79 Å². The zero-order valence-electron chi connectivity index (χ0n) is 8.39. The average Bonchev–Trinajstić information content (AvgIpc) is 2.27. The highest BCUT2D eigenvalue weighted by Crippen LogP contribution is 2.20. The normalized spacial score (nSPS) is 11.9. The van der Waals surface area contributed by atoms with E-state index in [0.717, 1.165) is 16.3 Å². The molecule has 0 saturated carbocycles. The van der Waals surface area contributed by atoms with Gasteiger partial charge in [0.2, 0.25) is 5.24 Å². The minimum atomic E-state index is -0.740. The fraction of sp³-hybridized carbons (Fsp3) is 0.0833. The minimum absolute atomic E-state index is 0. The summed E-state index contributed by atoms with van der Waals surface area (Å²) in [4.78, 5) is 10.9. The van der Waals surface area contributed by atoms with Crippen LogP contribution in [0.2, 0.25) is 0 Å². The molecule has 2 rings (SSSR count). The van der Waals surface area contributed by atoms with Crippen LogP contribution in [0.4, 0.5) is 0 Å². The number of fused-ring (bicyclic) bond motifs is 1. The van der Waals surface area contributed by atoms with Crippen molar-refractivity contribution in [2.45, 2.75) is 6.04 Å². The number of rotatable bonds is 2. The molecule has 16 heavy (non-hydrogen) atoms. The van der Waals surface area contributed by atoms with E-state index in [9.17, 15) is 4.79 Å². The Morgan fingerprint density at radius 2 is 1.75 bits per heavy atom. The minimum Gasteiger partial charge on any atom is -0.317 e. The molecule has 2 aromatic carbocycles. The van der Waals surface area contributed by atoms with Crippen LogP contribution in [0.3, 0.4) is 0 Å². The van der Waals surface area contributed by atoms with E-state index in [4.69, 9.17) is 17.3 Å². The molecule has 0 spiro atoms. The third-order valence-corrected chi connectivity index (χ3v) is 2.61. The molecule has 0 saturated heterocycles. The first-order chi connectivity index (χ1) is 7.18. The second-order valence-electron chi connectivity index (χ2n) is 3.39. The fourth-order valence-electron chi connectivity index (χ4n) is 1.53. The Morgan fingerprint density at radius 3 is 2.38 bits per heavy atom. The number of hydrogen-bond donors (Lipinski definition) is 1. The van der Waals surface area contributed by atoms with E-state index in [0.29, 0.717) is 0 Å². The fourth-order valence-corrected chi connectivity index (χ4v) is 1.66. The monoisotopic (exact) mass is 255 g/mol. The highest BCUT2D eigenvalue weighted by atomic mass is 35.5. The third-order valence-electron chi connectivity index (χ3n) is 2.38. The highest BCUT2D eigenvalue weighted by Gasteiger charge is 2.12. The molecule has 0 radical (unpaired) electrons. The predicted molar refractivity (Wildman–Crippen MR) is 69.0 cm³/mol. The lowest BCUT2D eigenvalue weighted by atomic mass is 10.0. The van der Waals surface area contributed by atoms with Crippen molar-refractivity contribution in [2.75, 3.05) is 0 Å². The number of hydrogen-bond acceptors (Lipinski definition) is 2. The zero-order chi connectivity index (χ0) is 10.8. The Bertz CT molecular complexity index is 513. The molecule has 0 heterocycles. The summed E-state index contributed by atoms with van der Waals surface area (Å²) in [6, 6.07) is 12.8. The van der Waals surface area contributed by atoms with Gasteiger partial charge in [-0.1, -0.05) is 36.4 Å². The summed E-state index contributed by atoms with van der Waals surface area (Å²) in [6.07, 6.45) is 0. The van der Waals surface area contributed by atoms with Crippen molar-refractivity contribution in [3.63, 3.8) is 0 Å². The lowest BCUT2D eigenvalue weighted by Gasteiger charge is -2.07. The van der Waals surface area contributed by atoms with Gasteiger partial charge in [0.1, 0.15) is 6.04 Å². The second kappa shape index (κ2) is 5.30. The maximum absolute atomic E-state index is 10.9. The Balaban J connectivity index is 0.00000128. The maximum Gasteiger partial charge on any atom is 0.242 e. The van der Waals surface area contributed by atoms with Gasteiger partial charge < -0.3 is 5.73 Å². The first-order valence-electron chi connectivity index (χ1n) is 4.62. The van der Waals surface area contributed by atoms with Crippen LogP contribution >= 0.6 is 24.0 Å². The number of carbonyl (C=O) groups is 1. The standard InChI is InChI=1S/C12H10ClNO.ClH/c13-12(15)11(14)10-6-5-8-3-1-2-4-9(8)7-10;/h1-7,11H,14H2;1H. The van der Waals surface area contributed by atoms with Crippen LogP contribution in [0.25, 0.3) is 10.8 Å². The lowest BCUT2D eigenvalue weighted by molar-refractivity contribution is -0.112. The number of carbonyl (C=O) groups excluding carboxylic acids is 1. The van der Waals surface area contributed by atoms with Gasteiger partial charge in [0, 0.05) is 0 Å². The van der Waals surface area contributed by atoms with Gasteiger partial charge in [-0.15, -0.1) is 12.4 Å². The van der Waals surface area contributed by atoms with Crippen LogP contribution in [0.1, 0.15) is 11.6 Å². The summed E-state index contributed by atoms with van der Waals surface area (Å²) < 4.78 is 0. The van der Waals surface area contributed by atoms with Gasteiger partial charge >= 0.3 is 0 Å². The molecule has 4 heteroatoms. The first kappa shape index (κ1) is 13.0. The van der Waals surface area contributed by atoms with E-state index < -0.39 is 11.3 Å². The predicted octanol–water partition coefficient (Wildman–Crippen LogP) is 3.03. The van der Waals surface area contributed by atoms with E-state index in [1.54, 1.807) is 0 Å². The average molecular weight is 256 g/mol. The molecule has 2 aromatic rings. The summed E-state index contributed by atoms with van der Waals surface area (Å²) in [5.74, 6) is 0. The largest absolute Gasteiger partial charge is 0.317 e. The molecule has 0 aliphatic carbocycles. The van der Waals surface area contributed by atoms with Crippen molar-refractivity contribution in [3.8, 4) is 0 Å². The smallest absolute Gasteiger partial charge is 0.242 e. The molecule has 2 nitrogen and oxygen atoms in total. The number of nitrogens with two attached hydrogens (primary N) is 1. The molecule has 0 fully saturated rings. The molecule has 0 amide bonds. The second-order valence-corrected chi connectivity index (χ2v) is 3.76. The van der Waals surface area contributed by atoms with Crippen molar-refractivity contribution in [2.24, 2.45) is 5.73 Å². The molecule has 0 aliphatic rings. The SMILES string of the molecule is Cl.NC(C(=O)Cl)c1ccc2ccccc2c1. The van der Waals surface area contributed by atoms with E-state index in [2.05, 4.69) is 0 Å². The Kier molecular flexibility index (Phi) is 4.30. The van der Waals surface area contributed by atoms with E-state index >= 15 is 0 Å². The molecule has 2 N–H and O–H groups in total. The number of halogens is 2. The molecular formula is C12H11Cl2NO. The van der Waals surface area contributed by atoms with E-state index in [1.807, 2.05) is 42.5 Å². The van der Waals surface area contributed by atoms with Crippen molar-refractivity contribution in [3.05, 3.63) is 48.0 Å². The van der Waals surface area contributed by atoms with Gasteiger partial charge in [-0.25, -0.2) is 0 Å². The summed E-state index contributed by atoms with van der Waals surface area (Å²) in [7, 11) is 0. The van der Waals surface area contributed by atoms with Crippen molar-refractivity contribution in [1.82, 2.24) is 0 Å². The first-order valence-corrected chi connectivity index (χ1v) is 5.00. The number of benzene rings is 2. The van der Waals surface area contributed by atoms with Crippen LogP contribution in [0.15, 0.2) is 42.5 Å². The summed E-state index contributed by atoms with van der Waals surface area (Å²) >= 11 is 5.35. The van der Waals surface area contributed by atoms with E-state index in [-0.39, 0.29) is 12.4 Å². The van der Waals surface area contributed by atoms with Gasteiger partial charge in [0.15, 0.2) is 0 Å². The summed E-state index contributed by atoms with van der Waals surface area (Å²) in [5, 5.41) is 1.64. The molecule has 0 bridgehead atoms. The van der Waals surface area contributed by atoms with Crippen molar-refractivity contribution in [1.29, 1.82) is 0 Å². The Hall–Kier alpha value is -1.09. The van der Waals surface area contributed by atoms with Crippen LogP contribution in [-0.4, -0.2) is 5.24 Å². The van der Waals surface area contributed by atoms with Gasteiger partial charge in [-0.05, 0) is 34.0 Å². The Labute approximate surface area is 105 Å². The summed E-state index contributed by atoms with van der Waals surface area (Å²) in [5.41, 5.74) is 6.39. The van der Waals surface area contributed by atoms with Gasteiger partial charge in [-0.2, -0.15) is 0 Å². The molecular weight excluding hydrogens is 245 g/mol. The molecule has 1 unspecified atom stereocenters. The third kappa shape index (κ3) is 2.53.